The highest BCUT2D eigenvalue weighted by atomic mass is 32.1. The van der Waals surface area contributed by atoms with Crippen LogP contribution in [-0.4, -0.2) is 14.2 Å². The number of ether oxygens (including phenoxy) is 2. The maximum atomic E-state index is 5.22. The summed E-state index contributed by atoms with van der Waals surface area (Å²) in [7, 11) is 3.31. The highest BCUT2D eigenvalue weighted by Crippen LogP contribution is 2.24. The summed E-state index contributed by atoms with van der Waals surface area (Å²) in [5.41, 5.74) is 2.27. The second-order valence-electron chi connectivity index (χ2n) is 3.54. The van der Waals surface area contributed by atoms with Crippen molar-refractivity contribution in [3.8, 4) is 11.5 Å². The Morgan fingerprint density at radius 1 is 0.941 bits per heavy atom. The summed E-state index contributed by atoms with van der Waals surface area (Å²) in [6.45, 7) is 0. The molecule has 3 heteroatoms. The smallest absolute Gasteiger partial charge is 0.123 e. The molecule has 0 aliphatic heterocycles. The minimum Gasteiger partial charge on any atom is -0.497 e. The summed E-state index contributed by atoms with van der Waals surface area (Å²) in [6.07, 6.45) is 4.12. The molecule has 0 aliphatic rings. The zero-order chi connectivity index (χ0) is 12.1. The Balaban J connectivity index is 2.25. The molecular formula is C14H14O2S. The Bertz CT molecular complexity index is 479. The van der Waals surface area contributed by atoms with Crippen molar-refractivity contribution in [3.05, 3.63) is 46.2 Å². The molecule has 0 amide bonds. The fourth-order valence-electron chi connectivity index (χ4n) is 1.49. The molecule has 0 unspecified atom stereocenters. The van der Waals surface area contributed by atoms with Gasteiger partial charge in [-0.2, -0.15) is 11.3 Å². The highest BCUT2D eigenvalue weighted by molar-refractivity contribution is 7.08. The monoisotopic (exact) mass is 246 g/mol. The van der Waals surface area contributed by atoms with E-state index < -0.39 is 0 Å². The SMILES string of the molecule is COc1cc(C=Cc2ccsc2)cc(OC)c1. The zero-order valence-corrected chi connectivity index (χ0v) is 10.7. The summed E-state index contributed by atoms with van der Waals surface area (Å²) >= 11 is 1.69. The van der Waals surface area contributed by atoms with Crippen molar-refractivity contribution in [2.24, 2.45) is 0 Å². The average Bonchev–Trinajstić information content (AvgIpc) is 2.89. The van der Waals surface area contributed by atoms with Gasteiger partial charge in [-0.05, 0) is 40.1 Å². The maximum absolute atomic E-state index is 5.22. The van der Waals surface area contributed by atoms with Crippen LogP contribution in [0.2, 0.25) is 0 Å². The molecule has 0 spiro atoms. The van der Waals surface area contributed by atoms with E-state index in [9.17, 15) is 0 Å². The van der Waals surface area contributed by atoms with Crippen LogP contribution in [0.1, 0.15) is 11.1 Å². The van der Waals surface area contributed by atoms with E-state index in [1.54, 1.807) is 25.6 Å². The molecule has 0 N–H and O–H groups in total. The number of thiophene rings is 1. The van der Waals surface area contributed by atoms with E-state index in [-0.39, 0.29) is 0 Å². The molecule has 2 rings (SSSR count). The molecule has 1 heterocycles. The van der Waals surface area contributed by atoms with Gasteiger partial charge in [0.2, 0.25) is 0 Å². The van der Waals surface area contributed by atoms with Gasteiger partial charge < -0.3 is 9.47 Å². The third-order valence-electron chi connectivity index (χ3n) is 2.39. The Hall–Kier alpha value is -1.74. The van der Waals surface area contributed by atoms with E-state index in [4.69, 9.17) is 9.47 Å². The van der Waals surface area contributed by atoms with Gasteiger partial charge in [0.1, 0.15) is 11.5 Å². The first kappa shape index (κ1) is 11.7. The first-order chi connectivity index (χ1) is 8.31. The fourth-order valence-corrected chi connectivity index (χ4v) is 2.12. The van der Waals surface area contributed by atoms with E-state index >= 15 is 0 Å². The van der Waals surface area contributed by atoms with Gasteiger partial charge in [0.25, 0.3) is 0 Å². The van der Waals surface area contributed by atoms with Gasteiger partial charge in [0.05, 0.1) is 14.2 Å². The van der Waals surface area contributed by atoms with Crippen LogP contribution in [0, 0.1) is 0 Å². The minimum atomic E-state index is 0.800. The normalized spacial score (nSPS) is 10.7. The topological polar surface area (TPSA) is 18.5 Å². The maximum Gasteiger partial charge on any atom is 0.123 e. The molecule has 17 heavy (non-hydrogen) atoms. The second-order valence-corrected chi connectivity index (χ2v) is 4.32. The van der Waals surface area contributed by atoms with Crippen LogP contribution in [0.5, 0.6) is 11.5 Å². The van der Waals surface area contributed by atoms with E-state index in [2.05, 4.69) is 22.9 Å². The predicted octanol–water partition coefficient (Wildman–Crippen LogP) is 3.94. The van der Waals surface area contributed by atoms with Crippen LogP contribution in [0.4, 0.5) is 0 Å². The first-order valence-electron chi connectivity index (χ1n) is 5.25. The zero-order valence-electron chi connectivity index (χ0n) is 9.84. The van der Waals surface area contributed by atoms with E-state index in [1.165, 1.54) is 5.56 Å². The standard InChI is InChI=1S/C14H14O2S/c1-15-13-7-12(8-14(9-13)16-2)4-3-11-5-6-17-10-11/h3-10H,1-2H3. The van der Waals surface area contributed by atoms with Crippen molar-refractivity contribution in [2.45, 2.75) is 0 Å². The lowest BCUT2D eigenvalue weighted by molar-refractivity contribution is 0.394. The van der Waals surface area contributed by atoms with Crippen molar-refractivity contribution in [2.75, 3.05) is 14.2 Å². The number of hydrogen-bond acceptors (Lipinski definition) is 3. The number of hydrogen-bond donors (Lipinski definition) is 0. The molecule has 1 aromatic heterocycles. The summed E-state index contributed by atoms with van der Waals surface area (Å²) in [5, 5.41) is 4.17. The van der Waals surface area contributed by atoms with Gasteiger partial charge in [0.15, 0.2) is 0 Å². The van der Waals surface area contributed by atoms with Crippen molar-refractivity contribution in [1.82, 2.24) is 0 Å². The van der Waals surface area contributed by atoms with Crippen molar-refractivity contribution in [3.63, 3.8) is 0 Å². The molecule has 0 fully saturated rings. The Labute approximate surface area is 105 Å². The third kappa shape index (κ3) is 3.11. The predicted molar refractivity (Wildman–Crippen MR) is 72.8 cm³/mol. The van der Waals surface area contributed by atoms with Gasteiger partial charge >= 0.3 is 0 Å². The van der Waals surface area contributed by atoms with Crippen LogP contribution in [0.25, 0.3) is 12.2 Å². The summed E-state index contributed by atoms with van der Waals surface area (Å²) < 4.78 is 10.4. The van der Waals surface area contributed by atoms with Crippen LogP contribution in [0.3, 0.4) is 0 Å². The van der Waals surface area contributed by atoms with E-state index in [1.807, 2.05) is 24.3 Å². The van der Waals surface area contributed by atoms with Gasteiger partial charge in [-0.1, -0.05) is 12.2 Å². The molecular weight excluding hydrogens is 232 g/mol. The van der Waals surface area contributed by atoms with Crippen molar-refractivity contribution >= 4 is 23.5 Å². The molecule has 0 saturated carbocycles. The number of benzene rings is 1. The van der Waals surface area contributed by atoms with E-state index in [0.717, 1.165) is 17.1 Å². The molecule has 2 aromatic rings. The molecule has 0 radical (unpaired) electrons. The van der Waals surface area contributed by atoms with Gasteiger partial charge in [0, 0.05) is 6.07 Å². The van der Waals surface area contributed by atoms with Crippen LogP contribution < -0.4 is 9.47 Å². The van der Waals surface area contributed by atoms with Gasteiger partial charge in [-0.3, -0.25) is 0 Å². The molecule has 88 valence electrons. The van der Waals surface area contributed by atoms with Crippen LogP contribution in [-0.2, 0) is 0 Å². The minimum absolute atomic E-state index is 0.800. The largest absolute Gasteiger partial charge is 0.497 e. The second kappa shape index (κ2) is 5.55. The molecule has 2 nitrogen and oxygen atoms in total. The van der Waals surface area contributed by atoms with Gasteiger partial charge in [-0.15, -0.1) is 0 Å². The molecule has 0 saturated heterocycles. The highest BCUT2D eigenvalue weighted by Gasteiger charge is 1.99. The van der Waals surface area contributed by atoms with Crippen LogP contribution >= 0.6 is 11.3 Å². The number of methoxy groups -OCH3 is 2. The summed E-state index contributed by atoms with van der Waals surface area (Å²) in [4.78, 5) is 0. The Morgan fingerprint density at radius 3 is 2.12 bits per heavy atom. The molecule has 0 atom stereocenters. The fraction of sp³-hybridized carbons (Fsp3) is 0.143. The average molecular weight is 246 g/mol. The Kier molecular flexibility index (Phi) is 3.83. The quantitative estimate of drug-likeness (QED) is 0.813. The Morgan fingerprint density at radius 2 is 1.59 bits per heavy atom. The van der Waals surface area contributed by atoms with Gasteiger partial charge in [-0.25, -0.2) is 0 Å². The lowest BCUT2D eigenvalue weighted by Crippen LogP contribution is -1.87. The van der Waals surface area contributed by atoms with E-state index in [0.29, 0.717) is 0 Å². The molecule has 0 bridgehead atoms. The van der Waals surface area contributed by atoms with Crippen LogP contribution in [0.15, 0.2) is 35.0 Å². The lowest BCUT2D eigenvalue weighted by Gasteiger charge is -2.05. The lowest BCUT2D eigenvalue weighted by atomic mass is 10.1. The number of rotatable bonds is 4. The first-order valence-corrected chi connectivity index (χ1v) is 6.19. The molecule has 1 aromatic carbocycles. The van der Waals surface area contributed by atoms with Crippen molar-refractivity contribution in [1.29, 1.82) is 0 Å². The summed E-state index contributed by atoms with van der Waals surface area (Å²) in [6, 6.07) is 7.90. The van der Waals surface area contributed by atoms with Crippen molar-refractivity contribution < 1.29 is 9.47 Å². The summed E-state index contributed by atoms with van der Waals surface area (Å²) in [5.74, 6) is 1.60. The third-order valence-corrected chi connectivity index (χ3v) is 3.09. The molecule has 0 aliphatic carbocycles.